The van der Waals surface area contributed by atoms with E-state index in [1.54, 1.807) is 0 Å². The first-order valence-electron chi connectivity index (χ1n) is 7.72. The molecule has 1 fully saturated rings. The van der Waals surface area contributed by atoms with Crippen LogP contribution in [0.1, 0.15) is 51.0 Å². The van der Waals surface area contributed by atoms with Gasteiger partial charge in [-0.15, -0.1) is 0 Å². The normalized spacial score (nSPS) is 26.7. The summed E-state index contributed by atoms with van der Waals surface area (Å²) >= 11 is 12.1. The van der Waals surface area contributed by atoms with Crippen molar-refractivity contribution in [3.05, 3.63) is 33.8 Å². The van der Waals surface area contributed by atoms with Gasteiger partial charge in [-0.2, -0.15) is 0 Å². The van der Waals surface area contributed by atoms with Gasteiger partial charge >= 0.3 is 0 Å². The van der Waals surface area contributed by atoms with E-state index in [1.165, 1.54) is 44.1 Å². The summed E-state index contributed by atoms with van der Waals surface area (Å²) in [6.07, 6.45) is 8.83. The van der Waals surface area contributed by atoms with Gasteiger partial charge in [-0.3, -0.25) is 0 Å². The van der Waals surface area contributed by atoms with Crippen molar-refractivity contribution in [1.29, 1.82) is 0 Å². The maximum atomic E-state index is 6.12. The molecule has 2 N–H and O–H groups in total. The average molecular weight is 314 g/mol. The smallest absolute Gasteiger partial charge is 0.0595 e. The first kappa shape index (κ1) is 16.1. The molecule has 0 atom stereocenters. The van der Waals surface area contributed by atoms with Gasteiger partial charge in [0.15, 0.2) is 0 Å². The predicted octanol–water partition coefficient (Wildman–Crippen LogP) is 5.47. The van der Waals surface area contributed by atoms with Crippen molar-refractivity contribution in [1.82, 2.24) is 0 Å². The van der Waals surface area contributed by atoms with Crippen LogP contribution in [0.2, 0.25) is 10.0 Å². The van der Waals surface area contributed by atoms with E-state index in [0.29, 0.717) is 10.0 Å². The fraction of sp³-hybridized carbons (Fsp3) is 0.647. The Bertz CT molecular complexity index is 437. The Balaban J connectivity index is 2.03. The lowest BCUT2D eigenvalue weighted by Crippen LogP contribution is -2.36. The SMILES string of the molecule is CCCC1CCC(CN)(Cc2ccc(Cl)c(Cl)c2)CC1. The van der Waals surface area contributed by atoms with Gasteiger partial charge in [-0.1, -0.05) is 49.0 Å². The molecule has 1 nitrogen and oxygen atoms in total. The Kier molecular flexibility index (Phi) is 5.77. The third kappa shape index (κ3) is 3.90. The molecule has 0 heterocycles. The minimum atomic E-state index is 0.265. The molecular weight excluding hydrogens is 289 g/mol. The Morgan fingerprint density at radius 2 is 1.90 bits per heavy atom. The van der Waals surface area contributed by atoms with E-state index in [4.69, 9.17) is 28.9 Å². The van der Waals surface area contributed by atoms with Gasteiger partial charge in [-0.25, -0.2) is 0 Å². The molecule has 0 aliphatic heterocycles. The zero-order valence-electron chi connectivity index (χ0n) is 12.3. The summed E-state index contributed by atoms with van der Waals surface area (Å²) in [7, 11) is 0. The van der Waals surface area contributed by atoms with Crippen LogP contribution in [0.15, 0.2) is 18.2 Å². The van der Waals surface area contributed by atoms with E-state index >= 15 is 0 Å². The van der Waals surface area contributed by atoms with E-state index in [1.807, 2.05) is 12.1 Å². The van der Waals surface area contributed by atoms with E-state index in [2.05, 4.69) is 13.0 Å². The standard InChI is InChI=1S/C17H25Cl2N/c1-2-3-13-6-8-17(12-20,9-7-13)11-14-4-5-15(18)16(19)10-14/h4-5,10,13H,2-3,6-9,11-12,20H2,1H3. The van der Waals surface area contributed by atoms with Crippen molar-refractivity contribution >= 4 is 23.2 Å². The average Bonchev–Trinajstić information content (AvgIpc) is 2.46. The number of hydrogen-bond acceptors (Lipinski definition) is 1. The van der Waals surface area contributed by atoms with E-state index in [0.717, 1.165) is 18.9 Å². The van der Waals surface area contributed by atoms with Gasteiger partial charge < -0.3 is 5.73 Å². The molecule has 1 saturated carbocycles. The van der Waals surface area contributed by atoms with Crippen LogP contribution in [0, 0.1) is 11.3 Å². The molecule has 0 unspecified atom stereocenters. The van der Waals surface area contributed by atoms with Gasteiger partial charge in [0.1, 0.15) is 0 Å². The minimum Gasteiger partial charge on any atom is -0.330 e. The van der Waals surface area contributed by atoms with Crippen LogP contribution in [0.25, 0.3) is 0 Å². The van der Waals surface area contributed by atoms with Crippen LogP contribution in [0.3, 0.4) is 0 Å². The fourth-order valence-corrected chi connectivity index (χ4v) is 3.84. The lowest BCUT2D eigenvalue weighted by Gasteiger charge is -2.40. The molecule has 1 aromatic rings. The molecule has 20 heavy (non-hydrogen) atoms. The van der Waals surface area contributed by atoms with Gasteiger partial charge in [0.2, 0.25) is 0 Å². The third-order valence-electron chi connectivity index (χ3n) is 4.86. The zero-order chi connectivity index (χ0) is 14.6. The number of rotatable bonds is 5. The maximum Gasteiger partial charge on any atom is 0.0595 e. The van der Waals surface area contributed by atoms with Gasteiger partial charge in [0.25, 0.3) is 0 Å². The lowest BCUT2D eigenvalue weighted by molar-refractivity contribution is 0.151. The second-order valence-corrected chi connectivity index (χ2v) is 7.18. The fourth-order valence-electron chi connectivity index (χ4n) is 3.52. The Hall–Kier alpha value is -0.240. The van der Waals surface area contributed by atoms with Crippen molar-refractivity contribution < 1.29 is 0 Å². The second kappa shape index (κ2) is 7.15. The van der Waals surface area contributed by atoms with Crippen molar-refractivity contribution in [2.75, 3.05) is 6.54 Å². The molecule has 1 aliphatic rings. The number of benzene rings is 1. The highest BCUT2D eigenvalue weighted by atomic mass is 35.5. The topological polar surface area (TPSA) is 26.0 Å². The van der Waals surface area contributed by atoms with E-state index in [-0.39, 0.29) is 5.41 Å². The molecule has 112 valence electrons. The van der Waals surface area contributed by atoms with Crippen LogP contribution >= 0.6 is 23.2 Å². The summed E-state index contributed by atoms with van der Waals surface area (Å²) in [5.41, 5.74) is 7.64. The van der Waals surface area contributed by atoms with Crippen LogP contribution in [-0.4, -0.2) is 6.54 Å². The number of halogens is 2. The summed E-state index contributed by atoms with van der Waals surface area (Å²) in [5, 5.41) is 1.28. The summed E-state index contributed by atoms with van der Waals surface area (Å²) < 4.78 is 0. The minimum absolute atomic E-state index is 0.265. The Morgan fingerprint density at radius 3 is 2.45 bits per heavy atom. The molecule has 0 amide bonds. The molecule has 3 heteroatoms. The van der Waals surface area contributed by atoms with Crippen molar-refractivity contribution in [2.24, 2.45) is 17.1 Å². The highest BCUT2D eigenvalue weighted by Crippen LogP contribution is 2.42. The number of nitrogens with two attached hydrogens (primary N) is 1. The summed E-state index contributed by atoms with van der Waals surface area (Å²) in [5.74, 6) is 0.911. The van der Waals surface area contributed by atoms with E-state index < -0.39 is 0 Å². The maximum absolute atomic E-state index is 6.12. The molecule has 0 bridgehead atoms. The van der Waals surface area contributed by atoms with Crippen molar-refractivity contribution in [2.45, 2.75) is 51.9 Å². The number of hydrogen-bond donors (Lipinski definition) is 1. The van der Waals surface area contributed by atoms with Crippen molar-refractivity contribution in [3.8, 4) is 0 Å². The van der Waals surface area contributed by atoms with Crippen LogP contribution in [0.4, 0.5) is 0 Å². The summed E-state index contributed by atoms with van der Waals surface area (Å²) in [6.45, 7) is 3.05. The third-order valence-corrected chi connectivity index (χ3v) is 5.60. The van der Waals surface area contributed by atoms with Crippen LogP contribution < -0.4 is 5.73 Å². The lowest BCUT2D eigenvalue weighted by atomic mass is 9.67. The van der Waals surface area contributed by atoms with Crippen LogP contribution in [-0.2, 0) is 6.42 Å². The first-order chi connectivity index (χ1) is 9.58. The molecule has 1 aliphatic carbocycles. The Labute approximate surface area is 132 Å². The van der Waals surface area contributed by atoms with Gasteiger partial charge in [0, 0.05) is 0 Å². The summed E-state index contributed by atoms with van der Waals surface area (Å²) in [6, 6.07) is 5.98. The largest absolute Gasteiger partial charge is 0.330 e. The monoisotopic (exact) mass is 313 g/mol. The molecular formula is C17H25Cl2N. The van der Waals surface area contributed by atoms with Gasteiger partial charge in [0.05, 0.1) is 10.0 Å². The van der Waals surface area contributed by atoms with Crippen LogP contribution in [0.5, 0.6) is 0 Å². The highest BCUT2D eigenvalue weighted by Gasteiger charge is 2.34. The van der Waals surface area contributed by atoms with Gasteiger partial charge in [-0.05, 0) is 67.7 Å². The van der Waals surface area contributed by atoms with Crippen molar-refractivity contribution in [3.63, 3.8) is 0 Å². The quantitative estimate of drug-likeness (QED) is 0.766. The molecule has 2 rings (SSSR count). The molecule has 0 saturated heterocycles. The second-order valence-electron chi connectivity index (χ2n) is 6.36. The predicted molar refractivity (Wildman–Crippen MR) is 88.5 cm³/mol. The molecule has 1 aromatic carbocycles. The zero-order valence-corrected chi connectivity index (χ0v) is 13.8. The molecule has 0 radical (unpaired) electrons. The summed E-state index contributed by atoms with van der Waals surface area (Å²) in [4.78, 5) is 0. The molecule has 0 spiro atoms. The molecule has 0 aromatic heterocycles. The Morgan fingerprint density at radius 1 is 1.20 bits per heavy atom. The van der Waals surface area contributed by atoms with E-state index in [9.17, 15) is 0 Å². The highest BCUT2D eigenvalue weighted by molar-refractivity contribution is 6.42. The first-order valence-corrected chi connectivity index (χ1v) is 8.48.